The molecule has 10 heteroatoms. The fraction of sp³-hybridized carbons (Fsp3) is 0.421. The van der Waals surface area contributed by atoms with Crippen LogP contribution in [0, 0.1) is 0 Å². The Morgan fingerprint density at radius 3 is 2.59 bits per heavy atom. The van der Waals surface area contributed by atoms with Crippen molar-refractivity contribution in [1.82, 2.24) is 19.8 Å². The van der Waals surface area contributed by atoms with E-state index >= 15 is 0 Å². The van der Waals surface area contributed by atoms with Gasteiger partial charge in [0.05, 0.1) is 0 Å². The summed E-state index contributed by atoms with van der Waals surface area (Å²) in [5.41, 5.74) is 7.17. The van der Waals surface area contributed by atoms with Gasteiger partial charge in [-0.1, -0.05) is 23.7 Å². The molecule has 0 atom stereocenters. The zero-order valence-electron chi connectivity index (χ0n) is 15.5. The fourth-order valence-corrected chi connectivity index (χ4v) is 4.19. The molecule has 0 unspecified atom stereocenters. The Labute approximate surface area is 170 Å². The lowest BCUT2D eigenvalue weighted by Gasteiger charge is -2.40. The number of nitrogens with zero attached hydrogens (tertiary/aromatic N) is 4. The number of hydrogen-bond acceptors (Lipinski definition) is 5. The number of rotatable bonds is 4. The molecule has 0 saturated heterocycles. The Morgan fingerprint density at radius 1 is 1.17 bits per heavy atom. The van der Waals surface area contributed by atoms with E-state index in [1.165, 1.54) is 6.07 Å². The van der Waals surface area contributed by atoms with E-state index in [9.17, 15) is 13.2 Å². The van der Waals surface area contributed by atoms with E-state index in [0.29, 0.717) is 17.4 Å². The van der Waals surface area contributed by atoms with Crippen LogP contribution >= 0.6 is 11.6 Å². The van der Waals surface area contributed by atoms with Gasteiger partial charge in [0.1, 0.15) is 5.82 Å². The van der Waals surface area contributed by atoms with Crippen molar-refractivity contribution in [2.45, 2.75) is 43.3 Å². The van der Waals surface area contributed by atoms with Gasteiger partial charge < -0.3 is 11.1 Å². The monoisotopic (exact) mass is 424 g/mol. The van der Waals surface area contributed by atoms with Crippen LogP contribution in [-0.4, -0.2) is 32.4 Å². The lowest BCUT2D eigenvalue weighted by atomic mass is 9.68. The molecule has 4 rings (SSSR count). The first-order chi connectivity index (χ1) is 13.8. The standard InChI is InChI=1S/C19H20ClF3N6/c20-13-3-1-2-12(10-13)18(11-24)8-6-14(7-9-18)25-15-4-5-16-26-27-17(19(21,22)23)29(16)28-15/h1-5,10,14H,6-9,11,24H2,(H,25,28)/t14-,18-. The average Bonchev–Trinajstić information content (AvgIpc) is 3.12. The second kappa shape index (κ2) is 7.46. The number of nitrogens with two attached hydrogens (primary N) is 1. The SMILES string of the molecule is NC[C@]1(c2cccc(Cl)c2)CC[C@H](Nc2ccc3nnc(C(F)(F)F)n3n2)CC1. The van der Waals surface area contributed by atoms with Crippen LogP contribution in [0.5, 0.6) is 0 Å². The number of hydrogen-bond donors (Lipinski definition) is 2. The van der Waals surface area contributed by atoms with Gasteiger partial charge in [0.25, 0.3) is 5.82 Å². The second-order valence-electron chi connectivity index (χ2n) is 7.42. The summed E-state index contributed by atoms with van der Waals surface area (Å²) < 4.78 is 39.9. The summed E-state index contributed by atoms with van der Waals surface area (Å²) >= 11 is 6.15. The van der Waals surface area contributed by atoms with Crippen LogP contribution in [0.2, 0.25) is 5.02 Å². The highest BCUT2D eigenvalue weighted by Crippen LogP contribution is 2.40. The molecule has 6 nitrogen and oxygen atoms in total. The molecular weight excluding hydrogens is 405 g/mol. The maximum atomic E-state index is 13.1. The van der Waals surface area contributed by atoms with E-state index in [1.807, 2.05) is 24.3 Å². The molecule has 0 bridgehead atoms. The van der Waals surface area contributed by atoms with Crippen LogP contribution in [0.1, 0.15) is 37.1 Å². The van der Waals surface area contributed by atoms with E-state index in [2.05, 4.69) is 20.6 Å². The maximum Gasteiger partial charge on any atom is 0.453 e. The van der Waals surface area contributed by atoms with Crippen molar-refractivity contribution in [2.24, 2.45) is 5.73 Å². The van der Waals surface area contributed by atoms with Gasteiger partial charge in [-0.05, 0) is 55.5 Å². The molecule has 1 saturated carbocycles. The minimum atomic E-state index is -4.62. The van der Waals surface area contributed by atoms with Crippen LogP contribution in [-0.2, 0) is 11.6 Å². The average molecular weight is 425 g/mol. The molecule has 2 aromatic heterocycles. The predicted molar refractivity (Wildman–Crippen MR) is 104 cm³/mol. The first kappa shape index (κ1) is 19.9. The van der Waals surface area contributed by atoms with Crippen molar-refractivity contribution in [2.75, 3.05) is 11.9 Å². The third-order valence-electron chi connectivity index (χ3n) is 5.64. The van der Waals surface area contributed by atoms with Gasteiger partial charge in [-0.15, -0.1) is 15.3 Å². The van der Waals surface area contributed by atoms with E-state index in [4.69, 9.17) is 17.3 Å². The van der Waals surface area contributed by atoms with Gasteiger partial charge in [-0.25, -0.2) is 0 Å². The van der Waals surface area contributed by atoms with Gasteiger partial charge in [0.15, 0.2) is 5.65 Å². The van der Waals surface area contributed by atoms with Crippen molar-refractivity contribution in [3.8, 4) is 0 Å². The number of aromatic nitrogens is 4. The Bertz CT molecular complexity index is 1010. The van der Waals surface area contributed by atoms with E-state index in [0.717, 1.165) is 35.8 Å². The number of benzene rings is 1. The molecule has 1 aromatic carbocycles. The van der Waals surface area contributed by atoms with Crippen molar-refractivity contribution in [3.05, 3.63) is 52.8 Å². The number of alkyl halides is 3. The van der Waals surface area contributed by atoms with Gasteiger partial charge in [0, 0.05) is 23.0 Å². The highest BCUT2D eigenvalue weighted by atomic mass is 35.5. The van der Waals surface area contributed by atoms with Crippen molar-refractivity contribution in [3.63, 3.8) is 0 Å². The maximum absolute atomic E-state index is 13.1. The molecule has 1 aliphatic carbocycles. The highest BCUT2D eigenvalue weighted by Gasteiger charge is 2.38. The van der Waals surface area contributed by atoms with Gasteiger partial charge in [-0.2, -0.15) is 17.7 Å². The fourth-order valence-electron chi connectivity index (χ4n) is 4.00. The van der Waals surface area contributed by atoms with E-state index in [1.54, 1.807) is 6.07 Å². The molecular formula is C19H20ClF3N6. The Balaban J connectivity index is 1.49. The van der Waals surface area contributed by atoms with Crippen LogP contribution in [0.4, 0.5) is 19.0 Å². The molecule has 0 radical (unpaired) electrons. The van der Waals surface area contributed by atoms with E-state index in [-0.39, 0.29) is 17.1 Å². The Kier molecular flexibility index (Phi) is 5.12. The van der Waals surface area contributed by atoms with Gasteiger partial charge in [-0.3, -0.25) is 0 Å². The summed E-state index contributed by atoms with van der Waals surface area (Å²) in [5.74, 6) is -0.779. The summed E-state index contributed by atoms with van der Waals surface area (Å²) in [6, 6.07) is 10.9. The van der Waals surface area contributed by atoms with Crippen LogP contribution in [0.15, 0.2) is 36.4 Å². The number of anilines is 1. The largest absolute Gasteiger partial charge is 0.453 e. The van der Waals surface area contributed by atoms with Crippen LogP contribution in [0.3, 0.4) is 0 Å². The first-order valence-electron chi connectivity index (χ1n) is 9.33. The molecule has 3 N–H and O–H groups in total. The summed E-state index contributed by atoms with van der Waals surface area (Å²) in [7, 11) is 0. The normalized spacial score (nSPS) is 22.7. The minimum Gasteiger partial charge on any atom is -0.366 e. The molecule has 1 aliphatic rings. The van der Waals surface area contributed by atoms with E-state index < -0.39 is 12.0 Å². The molecule has 3 aromatic rings. The molecule has 0 spiro atoms. The summed E-state index contributed by atoms with van der Waals surface area (Å²) in [6.45, 7) is 0.514. The number of nitrogens with one attached hydrogen (secondary N) is 1. The second-order valence-corrected chi connectivity index (χ2v) is 7.86. The van der Waals surface area contributed by atoms with Gasteiger partial charge in [0.2, 0.25) is 0 Å². The molecule has 2 heterocycles. The predicted octanol–water partition coefficient (Wildman–Crippen LogP) is 4.05. The molecule has 0 aliphatic heterocycles. The topological polar surface area (TPSA) is 81.1 Å². The summed E-state index contributed by atoms with van der Waals surface area (Å²) in [6.07, 6.45) is -1.28. The van der Waals surface area contributed by atoms with Crippen LogP contribution in [0.25, 0.3) is 5.65 Å². The van der Waals surface area contributed by atoms with Crippen LogP contribution < -0.4 is 11.1 Å². The van der Waals surface area contributed by atoms with Crippen molar-refractivity contribution < 1.29 is 13.2 Å². The first-order valence-corrected chi connectivity index (χ1v) is 9.71. The van der Waals surface area contributed by atoms with Crippen molar-refractivity contribution in [1.29, 1.82) is 0 Å². The zero-order chi connectivity index (χ0) is 20.6. The molecule has 29 heavy (non-hydrogen) atoms. The third-order valence-corrected chi connectivity index (χ3v) is 5.87. The Hall–Kier alpha value is -2.39. The Morgan fingerprint density at radius 2 is 1.93 bits per heavy atom. The summed E-state index contributed by atoms with van der Waals surface area (Å²) in [4.78, 5) is 0. The number of fused-ring (bicyclic) bond motifs is 1. The highest BCUT2D eigenvalue weighted by molar-refractivity contribution is 6.30. The number of halogens is 4. The summed E-state index contributed by atoms with van der Waals surface area (Å²) in [5, 5.41) is 14.7. The smallest absolute Gasteiger partial charge is 0.366 e. The zero-order valence-corrected chi connectivity index (χ0v) is 16.2. The molecule has 0 amide bonds. The lowest BCUT2D eigenvalue weighted by Crippen LogP contribution is -2.42. The van der Waals surface area contributed by atoms with Gasteiger partial charge >= 0.3 is 6.18 Å². The third kappa shape index (κ3) is 3.89. The molecule has 154 valence electrons. The minimum absolute atomic E-state index is 0.0506. The lowest BCUT2D eigenvalue weighted by molar-refractivity contribution is -0.146. The molecule has 1 fully saturated rings. The van der Waals surface area contributed by atoms with Crippen molar-refractivity contribution >= 4 is 23.1 Å². The quantitative estimate of drug-likeness (QED) is 0.660.